The molecule has 2 aromatic rings. The van der Waals surface area contributed by atoms with E-state index in [0.717, 1.165) is 17.1 Å². The van der Waals surface area contributed by atoms with E-state index in [9.17, 15) is 0 Å². The van der Waals surface area contributed by atoms with Crippen molar-refractivity contribution in [2.24, 2.45) is 5.92 Å². The van der Waals surface area contributed by atoms with Crippen molar-refractivity contribution < 1.29 is 0 Å². The number of anilines is 1. The van der Waals surface area contributed by atoms with Gasteiger partial charge in [0.15, 0.2) is 5.65 Å². The average Bonchev–Trinajstić information content (AvgIpc) is 2.93. The summed E-state index contributed by atoms with van der Waals surface area (Å²) in [7, 11) is 0. The van der Waals surface area contributed by atoms with Crippen molar-refractivity contribution in [3.63, 3.8) is 0 Å². The van der Waals surface area contributed by atoms with Gasteiger partial charge in [-0.2, -0.15) is 0 Å². The minimum Gasteiger partial charge on any atom is -0.369 e. The molecule has 0 spiro atoms. The van der Waals surface area contributed by atoms with Crippen molar-refractivity contribution in [3.05, 3.63) is 18.3 Å². The lowest BCUT2D eigenvalue weighted by Crippen LogP contribution is -2.02. The third kappa shape index (κ3) is 1.21. The highest BCUT2D eigenvalue weighted by Gasteiger charge is 2.39. The minimum atomic E-state index is 0.523. The van der Waals surface area contributed by atoms with Crippen LogP contribution in [0.3, 0.4) is 0 Å². The summed E-state index contributed by atoms with van der Waals surface area (Å²) in [5, 5.41) is 0. The van der Waals surface area contributed by atoms with Crippen LogP contribution in [0.1, 0.15) is 25.8 Å². The molecule has 0 saturated heterocycles. The lowest BCUT2D eigenvalue weighted by Gasteiger charge is -2.03. The predicted molar refractivity (Wildman–Crippen MR) is 59.4 cm³/mol. The highest BCUT2D eigenvalue weighted by molar-refractivity contribution is 5.74. The highest BCUT2D eigenvalue weighted by atomic mass is 15.2. The zero-order chi connectivity index (χ0) is 10.4. The molecule has 2 atom stereocenters. The lowest BCUT2D eigenvalue weighted by atomic mass is 10.3. The number of aromatic nitrogens is 3. The Hall–Kier alpha value is -1.58. The minimum absolute atomic E-state index is 0.523. The van der Waals surface area contributed by atoms with Gasteiger partial charge in [0.1, 0.15) is 5.52 Å². The summed E-state index contributed by atoms with van der Waals surface area (Å²) >= 11 is 0. The molecule has 2 heterocycles. The van der Waals surface area contributed by atoms with E-state index in [1.54, 1.807) is 6.20 Å². The van der Waals surface area contributed by atoms with Crippen molar-refractivity contribution in [2.75, 3.05) is 5.73 Å². The largest absolute Gasteiger partial charge is 0.369 e. The van der Waals surface area contributed by atoms with Gasteiger partial charge in [-0.25, -0.2) is 9.97 Å². The first-order chi connectivity index (χ1) is 7.31. The SMILES string of the molecule is CCC1CC1n1c(N)nc2cccnc21. The topological polar surface area (TPSA) is 56.7 Å². The Morgan fingerprint density at radius 2 is 2.47 bits per heavy atom. The van der Waals surface area contributed by atoms with E-state index in [1.165, 1.54) is 12.8 Å². The molecule has 1 aliphatic carbocycles. The molecule has 0 radical (unpaired) electrons. The second-order valence-corrected chi connectivity index (χ2v) is 4.16. The zero-order valence-electron chi connectivity index (χ0n) is 8.72. The van der Waals surface area contributed by atoms with E-state index in [1.807, 2.05) is 12.1 Å². The first-order valence-corrected chi connectivity index (χ1v) is 5.39. The van der Waals surface area contributed by atoms with Crippen LogP contribution in [-0.2, 0) is 0 Å². The molecule has 0 bridgehead atoms. The van der Waals surface area contributed by atoms with Crippen LogP contribution in [0.5, 0.6) is 0 Å². The smallest absolute Gasteiger partial charge is 0.202 e. The summed E-state index contributed by atoms with van der Waals surface area (Å²) in [5.74, 6) is 1.36. The third-order valence-corrected chi connectivity index (χ3v) is 3.22. The quantitative estimate of drug-likeness (QED) is 0.810. The van der Waals surface area contributed by atoms with E-state index < -0.39 is 0 Å². The first-order valence-electron chi connectivity index (χ1n) is 5.39. The Balaban J connectivity index is 2.13. The Morgan fingerprint density at radius 3 is 3.20 bits per heavy atom. The molecule has 0 aromatic carbocycles. The van der Waals surface area contributed by atoms with Crippen LogP contribution < -0.4 is 5.73 Å². The molecule has 78 valence electrons. The van der Waals surface area contributed by atoms with E-state index >= 15 is 0 Å². The fraction of sp³-hybridized carbons (Fsp3) is 0.455. The van der Waals surface area contributed by atoms with Gasteiger partial charge in [0.25, 0.3) is 0 Å². The second kappa shape index (κ2) is 2.95. The van der Waals surface area contributed by atoms with Gasteiger partial charge in [0.05, 0.1) is 0 Å². The van der Waals surface area contributed by atoms with Crippen LogP contribution in [0.4, 0.5) is 5.95 Å². The number of nitrogens with two attached hydrogens (primary N) is 1. The van der Waals surface area contributed by atoms with Crippen LogP contribution in [0.2, 0.25) is 0 Å². The van der Waals surface area contributed by atoms with Crippen LogP contribution in [0.15, 0.2) is 18.3 Å². The molecule has 4 heteroatoms. The van der Waals surface area contributed by atoms with Crippen molar-refractivity contribution in [2.45, 2.75) is 25.8 Å². The van der Waals surface area contributed by atoms with Gasteiger partial charge in [-0.1, -0.05) is 13.3 Å². The van der Waals surface area contributed by atoms with Crippen molar-refractivity contribution in [3.8, 4) is 0 Å². The van der Waals surface area contributed by atoms with Crippen molar-refractivity contribution in [1.82, 2.24) is 14.5 Å². The molecule has 3 rings (SSSR count). The maximum Gasteiger partial charge on any atom is 0.202 e. The van der Waals surface area contributed by atoms with E-state index in [-0.39, 0.29) is 0 Å². The number of imidazole rings is 1. The average molecular weight is 202 g/mol. The number of nitrogens with zero attached hydrogens (tertiary/aromatic N) is 3. The third-order valence-electron chi connectivity index (χ3n) is 3.22. The number of hydrogen-bond acceptors (Lipinski definition) is 3. The molecule has 1 saturated carbocycles. The molecule has 2 aromatic heterocycles. The van der Waals surface area contributed by atoms with Gasteiger partial charge in [0, 0.05) is 12.2 Å². The molecule has 1 aliphatic rings. The Labute approximate surface area is 88.1 Å². The maximum atomic E-state index is 5.92. The monoisotopic (exact) mass is 202 g/mol. The summed E-state index contributed by atoms with van der Waals surface area (Å²) in [6, 6.07) is 4.37. The number of hydrogen-bond donors (Lipinski definition) is 1. The first kappa shape index (κ1) is 8.71. The van der Waals surface area contributed by atoms with Gasteiger partial charge >= 0.3 is 0 Å². The van der Waals surface area contributed by atoms with E-state index in [2.05, 4.69) is 21.5 Å². The van der Waals surface area contributed by atoms with Gasteiger partial charge in [-0.3, -0.25) is 4.57 Å². The molecule has 1 fully saturated rings. The second-order valence-electron chi connectivity index (χ2n) is 4.16. The molecule has 4 nitrogen and oxygen atoms in total. The Morgan fingerprint density at radius 1 is 1.60 bits per heavy atom. The van der Waals surface area contributed by atoms with E-state index in [4.69, 9.17) is 5.73 Å². The summed E-state index contributed by atoms with van der Waals surface area (Å²) in [6.45, 7) is 2.22. The summed E-state index contributed by atoms with van der Waals surface area (Å²) in [6.07, 6.45) is 4.21. The van der Waals surface area contributed by atoms with Crippen molar-refractivity contribution >= 4 is 17.1 Å². The van der Waals surface area contributed by atoms with Crippen LogP contribution in [-0.4, -0.2) is 14.5 Å². The van der Waals surface area contributed by atoms with Crippen LogP contribution in [0.25, 0.3) is 11.2 Å². The lowest BCUT2D eigenvalue weighted by molar-refractivity contribution is 0.657. The number of nitrogen functional groups attached to an aromatic ring is 1. The molecule has 0 amide bonds. The highest BCUT2D eigenvalue weighted by Crippen LogP contribution is 2.47. The van der Waals surface area contributed by atoms with Gasteiger partial charge < -0.3 is 5.73 Å². The number of rotatable bonds is 2. The summed E-state index contributed by atoms with van der Waals surface area (Å²) < 4.78 is 2.09. The molecule has 0 aliphatic heterocycles. The van der Waals surface area contributed by atoms with Gasteiger partial charge in [-0.15, -0.1) is 0 Å². The molecule has 2 unspecified atom stereocenters. The Bertz CT molecular complexity index is 502. The van der Waals surface area contributed by atoms with Gasteiger partial charge in [0.2, 0.25) is 5.95 Å². The van der Waals surface area contributed by atoms with E-state index in [0.29, 0.717) is 12.0 Å². The molecule has 15 heavy (non-hydrogen) atoms. The van der Waals surface area contributed by atoms with Crippen LogP contribution in [0, 0.1) is 5.92 Å². The van der Waals surface area contributed by atoms with Crippen molar-refractivity contribution in [1.29, 1.82) is 0 Å². The number of pyridine rings is 1. The number of fused-ring (bicyclic) bond motifs is 1. The molecular formula is C11H14N4. The fourth-order valence-corrected chi connectivity index (χ4v) is 2.26. The Kier molecular flexibility index (Phi) is 1.71. The van der Waals surface area contributed by atoms with Crippen LogP contribution >= 0.6 is 0 Å². The fourth-order valence-electron chi connectivity index (χ4n) is 2.26. The van der Waals surface area contributed by atoms with Gasteiger partial charge in [-0.05, 0) is 24.5 Å². The summed E-state index contributed by atoms with van der Waals surface area (Å²) in [5.41, 5.74) is 7.75. The summed E-state index contributed by atoms with van der Waals surface area (Å²) in [4.78, 5) is 8.67. The molecule has 2 N–H and O–H groups in total. The predicted octanol–water partition coefficient (Wildman–Crippen LogP) is 1.98. The molecular weight excluding hydrogens is 188 g/mol. The normalized spacial score (nSPS) is 24.6. The maximum absolute atomic E-state index is 5.92. The zero-order valence-corrected chi connectivity index (χ0v) is 8.72. The standard InChI is InChI=1S/C11H14N4/c1-2-7-6-9(7)15-10-8(14-11(15)12)4-3-5-13-10/h3-5,7,9H,2,6H2,1H3,(H2,12,14).